The van der Waals surface area contributed by atoms with Crippen molar-refractivity contribution < 1.29 is 17.0 Å². The molecule has 0 saturated heterocycles. The van der Waals surface area contributed by atoms with Gasteiger partial charge in [-0.05, 0) is 18.3 Å². The second-order valence-electron chi connectivity index (χ2n) is 5.05. The molecule has 2 heteroatoms. The summed E-state index contributed by atoms with van der Waals surface area (Å²) in [4.78, 5) is 0. The molecular weight excluding hydrogens is 236 g/mol. The zero-order valence-corrected chi connectivity index (χ0v) is 11.4. The second-order valence-corrected chi connectivity index (χ2v) is 5.05. The van der Waals surface area contributed by atoms with Gasteiger partial charge in [0, 0.05) is 0 Å². The molecule has 4 saturated carbocycles. The fraction of sp³-hybridized carbons (Fsp3) is 0.909. The van der Waals surface area contributed by atoms with Crippen LogP contribution in [0.5, 0.6) is 0 Å². The molecule has 0 amide bonds. The molecule has 0 N–H and O–H groups in total. The molecule has 0 spiro atoms. The van der Waals surface area contributed by atoms with Gasteiger partial charge >= 0.3 is 23.1 Å². The zero-order valence-electron chi connectivity index (χ0n) is 8.43. The minimum absolute atomic E-state index is 0. The predicted octanol–water partition coefficient (Wildman–Crippen LogP) is -0.340. The van der Waals surface area contributed by atoms with Crippen molar-refractivity contribution in [3.8, 4) is 0 Å². The van der Waals surface area contributed by atoms with Gasteiger partial charge in [0.2, 0.25) is 0 Å². The predicted molar refractivity (Wildman–Crippen MR) is 51.7 cm³/mol. The Kier molecular flexibility index (Phi) is 4.17. The molecule has 0 aromatic rings. The maximum Gasteiger partial charge on any atom is 2.00 e. The first kappa shape index (κ1) is 12.3. The van der Waals surface area contributed by atoms with Crippen molar-refractivity contribution in [2.45, 2.75) is 39.0 Å². The van der Waals surface area contributed by atoms with Gasteiger partial charge in [-0.2, -0.15) is 18.8 Å². The molecule has 0 atom stereocenters. The largest absolute Gasteiger partial charge is 2.00 e. The molecule has 0 heterocycles. The van der Waals surface area contributed by atoms with Crippen molar-refractivity contribution in [2.24, 2.45) is 23.7 Å². The Morgan fingerprint density at radius 1 is 0.846 bits per heavy atom. The van der Waals surface area contributed by atoms with E-state index >= 15 is 0 Å². The van der Waals surface area contributed by atoms with Crippen LogP contribution in [0.4, 0.5) is 0 Å². The summed E-state index contributed by atoms with van der Waals surface area (Å²) in [5.41, 5.74) is 0. The van der Waals surface area contributed by atoms with Gasteiger partial charge in [0.05, 0.1) is 0 Å². The van der Waals surface area contributed by atoms with Crippen LogP contribution in [0.1, 0.15) is 39.0 Å². The van der Waals surface area contributed by atoms with Crippen LogP contribution < -0.4 is 17.0 Å². The molecule has 0 aromatic heterocycles. The molecular formula is C11H17BrMg. The van der Waals surface area contributed by atoms with Crippen LogP contribution >= 0.6 is 0 Å². The molecule has 13 heavy (non-hydrogen) atoms. The summed E-state index contributed by atoms with van der Waals surface area (Å²) in [6, 6.07) is 0. The van der Waals surface area contributed by atoms with Gasteiger partial charge in [0.15, 0.2) is 0 Å². The first-order valence-electron chi connectivity index (χ1n) is 5.16. The monoisotopic (exact) mass is 252 g/mol. The van der Waals surface area contributed by atoms with Crippen molar-refractivity contribution in [2.75, 3.05) is 0 Å². The van der Waals surface area contributed by atoms with Crippen molar-refractivity contribution in [1.82, 2.24) is 0 Å². The standard InChI is InChI=1S/C11H17.BrH.Mg/c1-7-10-3-8-2-9(5-10)6-11(7)4-8;;/h8-11H,2-6H2,1H3;1H;/q-1;;+2/p-1. The fourth-order valence-electron chi connectivity index (χ4n) is 3.93. The van der Waals surface area contributed by atoms with E-state index in [4.69, 9.17) is 0 Å². The maximum absolute atomic E-state index is 2.42. The average Bonchev–Trinajstić information content (AvgIpc) is 1.98. The van der Waals surface area contributed by atoms with E-state index in [1.165, 1.54) is 0 Å². The summed E-state index contributed by atoms with van der Waals surface area (Å²) >= 11 is 0. The van der Waals surface area contributed by atoms with E-state index in [1.807, 2.05) is 5.92 Å². The van der Waals surface area contributed by atoms with E-state index in [1.54, 1.807) is 32.1 Å². The van der Waals surface area contributed by atoms with Crippen molar-refractivity contribution in [3.05, 3.63) is 5.92 Å². The smallest absolute Gasteiger partial charge is 1.00 e. The Morgan fingerprint density at radius 3 is 1.62 bits per heavy atom. The quantitative estimate of drug-likeness (QED) is 0.409. The third kappa shape index (κ3) is 1.96. The van der Waals surface area contributed by atoms with Gasteiger partial charge in [-0.15, -0.1) is 0 Å². The second kappa shape index (κ2) is 4.40. The van der Waals surface area contributed by atoms with Crippen LogP contribution in [0.2, 0.25) is 0 Å². The van der Waals surface area contributed by atoms with E-state index in [9.17, 15) is 0 Å². The van der Waals surface area contributed by atoms with E-state index in [2.05, 4.69) is 6.92 Å². The van der Waals surface area contributed by atoms with Crippen molar-refractivity contribution in [3.63, 3.8) is 0 Å². The summed E-state index contributed by atoms with van der Waals surface area (Å²) in [6.45, 7) is 2.42. The minimum Gasteiger partial charge on any atom is -1.00 e. The molecule has 70 valence electrons. The number of hydrogen-bond donors (Lipinski definition) is 0. The summed E-state index contributed by atoms with van der Waals surface area (Å²) in [6.07, 6.45) is 7.80. The molecule has 0 nitrogen and oxygen atoms in total. The Balaban J connectivity index is 0.000000422. The van der Waals surface area contributed by atoms with E-state index < -0.39 is 0 Å². The van der Waals surface area contributed by atoms with Crippen molar-refractivity contribution in [1.29, 1.82) is 0 Å². The molecule has 0 aromatic carbocycles. The molecule has 0 radical (unpaired) electrons. The molecule has 4 rings (SSSR count). The van der Waals surface area contributed by atoms with Gasteiger partial charge in [-0.25, -0.2) is 0 Å². The van der Waals surface area contributed by atoms with Crippen LogP contribution in [-0.2, 0) is 0 Å². The summed E-state index contributed by atoms with van der Waals surface area (Å²) in [5.74, 6) is 6.28. The van der Waals surface area contributed by atoms with Crippen LogP contribution in [0, 0.1) is 29.6 Å². The summed E-state index contributed by atoms with van der Waals surface area (Å²) in [5, 5.41) is 0. The Labute approximate surface area is 108 Å². The van der Waals surface area contributed by atoms with E-state index in [0.717, 1.165) is 23.7 Å². The van der Waals surface area contributed by atoms with Crippen molar-refractivity contribution >= 4 is 23.1 Å². The third-order valence-electron chi connectivity index (χ3n) is 4.43. The molecule has 4 aliphatic rings. The van der Waals surface area contributed by atoms with Crippen LogP contribution in [0.15, 0.2) is 0 Å². The number of hydrogen-bond acceptors (Lipinski definition) is 0. The van der Waals surface area contributed by atoms with Crippen LogP contribution in [0.3, 0.4) is 0 Å². The number of halogens is 1. The van der Waals surface area contributed by atoms with E-state index in [0.29, 0.717) is 0 Å². The molecule has 0 aliphatic heterocycles. The molecule has 4 bridgehead atoms. The topological polar surface area (TPSA) is 0 Å². The molecule has 0 unspecified atom stereocenters. The summed E-state index contributed by atoms with van der Waals surface area (Å²) < 4.78 is 0. The maximum atomic E-state index is 2.42. The molecule has 4 aliphatic carbocycles. The SMILES string of the molecule is C[C-]1C2CC3CC(C2)CC1C3.[Br-].[Mg+2]. The third-order valence-corrected chi connectivity index (χ3v) is 4.43. The fourth-order valence-corrected chi connectivity index (χ4v) is 3.93. The van der Waals surface area contributed by atoms with Gasteiger partial charge in [0.1, 0.15) is 0 Å². The zero-order chi connectivity index (χ0) is 7.42. The van der Waals surface area contributed by atoms with E-state index in [-0.39, 0.29) is 40.0 Å². The van der Waals surface area contributed by atoms with Gasteiger partial charge < -0.3 is 22.9 Å². The Bertz CT molecular complexity index is 153. The van der Waals surface area contributed by atoms with Crippen LogP contribution in [-0.4, -0.2) is 23.1 Å². The first-order valence-corrected chi connectivity index (χ1v) is 5.16. The Hall–Kier alpha value is 1.25. The summed E-state index contributed by atoms with van der Waals surface area (Å²) in [7, 11) is 0. The van der Waals surface area contributed by atoms with Gasteiger partial charge in [-0.3, -0.25) is 0 Å². The average molecular weight is 253 g/mol. The number of rotatable bonds is 0. The van der Waals surface area contributed by atoms with Gasteiger partial charge in [-0.1, -0.05) is 25.7 Å². The molecule has 4 fully saturated rings. The Morgan fingerprint density at radius 2 is 1.23 bits per heavy atom. The van der Waals surface area contributed by atoms with Gasteiger partial charge in [0.25, 0.3) is 0 Å². The van der Waals surface area contributed by atoms with Crippen LogP contribution in [0.25, 0.3) is 0 Å². The normalized spacial score (nSPS) is 46.8. The minimum atomic E-state index is 0. The first-order chi connectivity index (χ1) is 5.33.